The van der Waals surface area contributed by atoms with Crippen LogP contribution in [0.2, 0.25) is 5.15 Å². The van der Waals surface area contributed by atoms with E-state index in [2.05, 4.69) is 20.0 Å². The van der Waals surface area contributed by atoms with Gasteiger partial charge in [0.25, 0.3) is 0 Å². The summed E-state index contributed by atoms with van der Waals surface area (Å²) in [6.45, 7) is 7.95. The highest BCUT2D eigenvalue weighted by Gasteiger charge is 2.40. The molecule has 2 aromatic rings. The summed E-state index contributed by atoms with van der Waals surface area (Å²) < 4.78 is 6.08. The van der Waals surface area contributed by atoms with Crippen LogP contribution in [0.3, 0.4) is 0 Å². The van der Waals surface area contributed by atoms with Gasteiger partial charge in [-0.3, -0.25) is 4.79 Å². The standard InChI is InChI=1S/C18H21ClN6O2/c1-5-16(26)25-9-14(10(25)2)27-17-12-7-21-15(19)6-11(12)13(8-22-17)18(3,4)23-24-20/h6-8,10,14H,5,9H2,1-4H3/t10-,14+/m0/s1. The average Bonchev–Trinajstić information content (AvgIpc) is 2.63. The molecule has 0 spiro atoms. The van der Waals surface area contributed by atoms with Crippen molar-refractivity contribution < 1.29 is 9.53 Å². The third-order valence-corrected chi connectivity index (χ3v) is 5.15. The minimum atomic E-state index is -0.808. The van der Waals surface area contributed by atoms with Gasteiger partial charge in [0, 0.05) is 23.7 Å². The van der Waals surface area contributed by atoms with Crippen LogP contribution in [-0.4, -0.2) is 39.5 Å². The molecule has 0 unspecified atom stereocenters. The first-order chi connectivity index (χ1) is 12.8. The van der Waals surface area contributed by atoms with Gasteiger partial charge in [0.05, 0.1) is 23.5 Å². The molecular weight excluding hydrogens is 368 g/mol. The maximum Gasteiger partial charge on any atom is 0.223 e. The smallest absolute Gasteiger partial charge is 0.223 e. The van der Waals surface area contributed by atoms with Crippen LogP contribution in [0.1, 0.15) is 39.7 Å². The summed E-state index contributed by atoms with van der Waals surface area (Å²) in [5.74, 6) is 0.537. The third kappa shape index (κ3) is 3.50. The second-order valence-electron chi connectivity index (χ2n) is 7.07. The fourth-order valence-electron chi connectivity index (χ4n) is 3.22. The Morgan fingerprint density at radius 1 is 1.44 bits per heavy atom. The Hall–Kier alpha value is -2.57. The predicted molar refractivity (Wildman–Crippen MR) is 103 cm³/mol. The summed E-state index contributed by atoms with van der Waals surface area (Å²) in [6, 6.07) is 1.70. The van der Waals surface area contributed by atoms with Gasteiger partial charge in [-0.25, -0.2) is 9.97 Å². The van der Waals surface area contributed by atoms with E-state index in [0.717, 1.165) is 10.9 Å². The molecule has 0 aromatic carbocycles. The largest absolute Gasteiger partial charge is 0.470 e. The van der Waals surface area contributed by atoms with Crippen molar-refractivity contribution in [3.63, 3.8) is 0 Å². The van der Waals surface area contributed by atoms with Crippen LogP contribution in [0.25, 0.3) is 21.2 Å². The lowest BCUT2D eigenvalue weighted by Crippen LogP contribution is -2.62. The number of amides is 1. The Morgan fingerprint density at radius 3 is 2.81 bits per heavy atom. The van der Waals surface area contributed by atoms with Crippen molar-refractivity contribution >= 4 is 28.3 Å². The second kappa shape index (κ2) is 7.21. The molecular formula is C18H21ClN6O2. The molecule has 3 heterocycles. The van der Waals surface area contributed by atoms with Gasteiger partial charge in [-0.1, -0.05) is 37.5 Å². The van der Waals surface area contributed by atoms with Crippen molar-refractivity contribution in [2.45, 2.75) is 51.8 Å². The van der Waals surface area contributed by atoms with E-state index in [4.69, 9.17) is 21.9 Å². The van der Waals surface area contributed by atoms with Crippen molar-refractivity contribution in [1.82, 2.24) is 14.9 Å². The maximum absolute atomic E-state index is 11.9. The summed E-state index contributed by atoms with van der Waals surface area (Å²) in [4.78, 5) is 25.2. The fourth-order valence-corrected chi connectivity index (χ4v) is 3.38. The van der Waals surface area contributed by atoms with Crippen LogP contribution in [0.5, 0.6) is 5.88 Å². The first kappa shape index (κ1) is 19.2. The zero-order chi connectivity index (χ0) is 19.8. The van der Waals surface area contributed by atoms with Crippen molar-refractivity contribution in [3.8, 4) is 5.88 Å². The number of hydrogen-bond donors (Lipinski definition) is 0. The van der Waals surface area contributed by atoms with Crippen LogP contribution in [0.4, 0.5) is 0 Å². The molecule has 9 heteroatoms. The van der Waals surface area contributed by atoms with Gasteiger partial charge in [-0.05, 0) is 29.5 Å². The summed E-state index contributed by atoms with van der Waals surface area (Å²) in [7, 11) is 0. The Bertz CT molecular complexity index is 941. The molecule has 1 fully saturated rings. The van der Waals surface area contributed by atoms with Crippen molar-refractivity contribution in [1.29, 1.82) is 0 Å². The molecule has 1 aliphatic heterocycles. The van der Waals surface area contributed by atoms with Gasteiger partial charge < -0.3 is 9.64 Å². The third-order valence-electron chi connectivity index (χ3n) is 4.95. The van der Waals surface area contributed by atoms with E-state index < -0.39 is 5.54 Å². The van der Waals surface area contributed by atoms with Gasteiger partial charge in [0.2, 0.25) is 11.8 Å². The quantitative estimate of drug-likeness (QED) is 0.331. The second-order valence-corrected chi connectivity index (χ2v) is 7.46. The van der Waals surface area contributed by atoms with Crippen LogP contribution >= 0.6 is 11.6 Å². The van der Waals surface area contributed by atoms with E-state index in [1.54, 1.807) is 37.2 Å². The number of pyridine rings is 2. The van der Waals surface area contributed by atoms with Crippen molar-refractivity contribution in [3.05, 3.63) is 39.6 Å². The molecule has 1 aliphatic rings. The number of aromatic nitrogens is 2. The number of likely N-dealkylation sites (tertiary alicyclic amines) is 1. The van der Waals surface area contributed by atoms with Gasteiger partial charge in [-0.15, -0.1) is 0 Å². The van der Waals surface area contributed by atoms with Crippen LogP contribution in [0, 0.1) is 0 Å². The molecule has 0 N–H and O–H groups in total. The Balaban J connectivity index is 1.97. The number of nitrogens with zero attached hydrogens (tertiary/aromatic N) is 6. The number of halogens is 1. The molecule has 27 heavy (non-hydrogen) atoms. The van der Waals surface area contributed by atoms with Gasteiger partial charge >= 0.3 is 0 Å². The summed E-state index contributed by atoms with van der Waals surface area (Å²) in [5, 5.41) is 5.65. The Kier molecular flexibility index (Phi) is 5.13. The van der Waals surface area contributed by atoms with Gasteiger partial charge in [0.1, 0.15) is 11.3 Å². The van der Waals surface area contributed by atoms with E-state index in [1.807, 2.05) is 13.8 Å². The maximum atomic E-state index is 11.9. The summed E-state index contributed by atoms with van der Waals surface area (Å²) in [6.07, 6.45) is 3.58. The molecule has 2 atom stereocenters. The van der Waals surface area contributed by atoms with Crippen LogP contribution in [-0.2, 0) is 10.3 Å². The summed E-state index contributed by atoms with van der Waals surface area (Å²) >= 11 is 6.09. The fraction of sp³-hybridized carbons (Fsp3) is 0.500. The number of ether oxygens (including phenoxy) is 1. The summed E-state index contributed by atoms with van der Waals surface area (Å²) in [5.41, 5.74) is 8.79. The van der Waals surface area contributed by atoms with E-state index >= 15 is 0 Å². The molecule has 0 radical (unpaired) electrons. The lowest BCUT2D eigenvalue weighted by molar-refractivity contribution is -0.146. The lowest BCUT2D eigenvalue weighted by atomic mass is 9.93. The SMILES string of the molecule is CCC(=O)N1C[C@@H](Oc2ncc(C(C)(C)N=[N+]=[N-])c3cc(Cl)ncc23)[C@@H]1C. The van der Waals surface area contributed by atoms with Crippen LogP contribution in [0.15, 0.2) is 23.6 Å². The average molecular weight is 389 g/mol. The number of hydrogen-bond acceptors (Lipinski definition) is 5. The molecule has 0 saturated carbocycles. The number of carbonyl (C=O) groups excluding carboxylic acids is 1. The predicted octanol–water partition coefficient (Wildman–Crippen LogP) is 4.22. The van der Waals surface area contributed by atoms with Crippen molar-refractivity contribution in [2.75, 3.05) is 6.54 Å². The normalized spacial score (nSPS) is 19.4. The van der Waals surface area contributed by atoms with E-state index in [9.17, 15) is 4.79 Å². The Labute approximate surface area is 162 Å². The number of azide groups is 1. The van der Waals surface area contributed by atoms with E-state index in [1.165, 1.54) is 0 Å². The molecule has 1 amide bonds. The first-order valence-electron chi connectivity index (χ1n) is 8.75. The highest BCUT2D eigenvalue weighted by atomic mass is 35.5. The highest BCUT2D eigenvalue weighted by Crippen LogP contribution is 2.36. The van der Waals surface area contributed by atoms with Gasteiger partial charge in [0.15, 0.2) is 0 Å². The Morgan fingerprint density at radius 2 is 2.19 bits per heavy atom. The molecule has 0 aliphatic carbocycles. The zero-order valence-electron chi connectivity index (χ0n) is 15.7. The number of fused-ring (bicyclic) bond motifs is 1. The van der Waals surface area contributed by atoms with Crippen LogP contribution < -0.4 is 4.74 Å². The zero-order valence-corrected chi connectivity index (χ0v) is 16.4. The van der Waals surface area contributed by atoms with Crippen molar-refractivity contribution in [2.24, 2.45) is 5.11 Å². The molecule has 2 aromatic heterocycles. The van der Waals surface area contributed by atoms with E-state index in [0.29, 0.717) is 29.4 Å². The molecule has 3 rings (SSSR count). The molecule has 142 valence electrons. The van der Waals surface area contributed by atoms with E-state index in [-0.39, 0.29) is 18.1 Å². The minimum absolute atomic E-state index is 0.0196. The molecule has 1 saturated heterocycles. The number of rotatable bonds is 5. The topological polar surface area (TPSA) is 104 Å². The highest BCUT2D eigenvalue weighted by molar-refractivity contribution is 6.30. The molecule has 0 bridgehead atoms. The lowest BCUT2D eigenvalue weighted by Gasteiger charge is -2.45. The van der Waals surface area contributed by atoms with Gasteiger partial charge in [-0.2, -0.15) is 0 Å². The number of carbonyl (C=O) groups is 1. The molecule has 8 nitrogen and oxygen atoms in total. The first-order valence-corrected chi connectivity index (χ1v) is 9.13. The minimum Gasteiger partial charge on any atom is -0.470 e. The monoisotopic (exact) mass is 388 g/mol.